The van der Waals surface area contributed by atoms with Gasteiger partial charge in [0.15, 0.2) is 8.32 Å². The van der Waals surface area contributed by atoms with Crippen LogP contribution in [0.5, 0.6) is 0 Å². The van der Waals surface area contributed by atoms with Gasteiger partial charge < -0.3 is 28.4 Å². The Hall–Kier alpha value is -1.29. The van der Waals surface area contributed by atoms with Crippen molar-refractivity contribution in [3.63, 3.8) is 0 Å². The highest BCUT2D eigenvalue weighted by Gasteiger charge is 2.44. The molecule has 0 radical (unpaired) electrons. The van der Waals surface area contributed by atoms with Crippen LogP contribution >= 0.6 is 7.60 Å². The second-order valence-corrected chi connectivity index (χ2v) is 20.6. The van der Waals surface area contributed by atoms with Gasteiger partial charge in [-0.1, -0.05) is 59.8 Å². The van der Waals surface area contributed by atoms with Crippen LogP contribution in [0.15, 0.2) is 23.8 Å². The molecule has 1 fully saturated rings. The number of cyclic esters (lactones) is 1. The molecular formula is C31H53O9PSi. The summed E-state index contributed by atoms with van der Waals surface area (Å²) in [5.41, 5.74) is 1.20. The van der Waals surface area contributed by atoms with Gasteiger partial charge in [-0.05, 0) is 67.1 Å². The quantitative estimate of drug-likeness (QED) is 0.110. The van der Waals surface area contributed by atoms with Crippen LogP contribution in [0.2, 0.25) is 18.1 Å². The van der Waals surface area contributed by atoms with Gasteiger partial charge in [-0.2, -0.15) is 0 Å². The SMILES string of the molecule is C[C@H]1C=C2C=C[C@H](C)[C@H](CC[C@@H]3C[C@@H](O[Si](C)(C)C(C)(C)C)CC(=O)O3)[C@H]2[C@@H](OC(=O)[C@@H](C)CCOCP(=O)(O)O)C1. The molecule has 9 nitrogen and oxygen atoms in total. The highest BCUT2D eigenvalue weighted by atomic mass is 31.2. The van der Waals surface area contributed by atoms with Crippen LogP contribution in [0.25, 0.3) is 0 Å². The lowest BCUT2D eigenvalue weighted by atomic mass is 9.65. The highest BCUT2D eigenvalue weighted by Crippen LogP contribution is 2.46. The van der Waals surface area contributed by atoms with Crippen molar-refractivity contribution in [2.45, 2.75) is 117 Å². The normalized spacial score (nSPS) is 31.1. The molecule has 2 N–H and O–H groups in total. The maximum absolute atomic E-state index is 13.1. The maximum atomic E-state index is 13.1. The minimum Gasteiger partial charge on any atom is -0.462 e. The van der Waals surface area contributed by atoms with Crippen LogP contribution in [0.1, 0.15) is 80.1 Å². The monoisotopic (exact) mass is 628 g/mol. The molecule has 3 rings (SSSR count). The third kappa shape index (κ3) is 9.86. The molecule has 11 heteroatoms. The fourth-order valence-corrected chi connectivity index (χ4v) is 7.86. The van der Waals surface area contributed by atoms with Crippen molar-refractivity contribution in [2.75, 3.05) is 13.0 Å². The van der Waals surface area contributed by atoms with Crippen LogP contribution in [-0.4, -0.2) is 61.3 Å². The van der Waals surface area contributed by atoms with E-state index in [4.69, 9.17) is 28.4 Å². The minimum absolute atomic E-state index is 0.0572. The van der Waals surface area contributed by atoms with Crippen LogP contribution < -0.4 is 0 Å². The first-order valence-electron chi connectivity index (χ1n) is 15.5. The number of carbonyl (C=O) groups is 2. The molecule has 2 aliphatic carbocycles. The van der Waals surface area contributed by atoms with Crippen molar-refractivity contribution >= 4 is 27.9 Å². The number of esters is 2. The van der Waals surface area contributed by atoms with E-state index in [2.05, 4.69) is 65.9 Å². The number of carbonyl (C=O) groups excluding carboxylic acids is 2. The summed E-state index contributed by atoms with van der Waals surface area (Å²) < 4.78 is 34.6. The fraction of sp³-hybridized carbons (Fsp3) is 0.806. The van der Waals surface area contributed by atoms with Gasteiger partial charge in [0.25, 0.3) is 0 Å². The predicted octanol–water partition coefficient (Wildman–Crippen LogP) is 6.36. The van der Waals surface area contributed by atoms with Crippen molar-refractivity contribution in [1.29, 1.82) is 0 Å². The molecule has 240 valence electrons. The molecule has 1 heterocycles. The lowest BCUT2D eigenvalue weighted by Crippen LogP contribution is -2.47. The molecular weight excluding hydrogens is 575 g/mol. The first-order valence-corrected chi connectivity index (χ1v) is 20.2. The molecule has 0 aromatic heterocycles. The average molecular weight is 629 g/mol. The number of fused-ring (bicyclic) bond motifs is 1. The van der Waals surface area contributed by atoms with E-state index < -0.39 is 28.2 Å². The van der Waals surface area contributed by atoms with Gasteiger partial charge in [0.1, 0.15) is 18.6 Å². The van der Waals surface area contributed by atoms with E-state index in [9.17, 15) is 14.2 Å². The summed E-state index contributed by atoms with van der Waals surface area (Å²) >= 11 is 0. The fourth-order valence-electron chi connectivity index (χ4n) is 6.13. The van der Waals surface area contributed by atoms with Crippen LogP contribution in [0.3, 0.4) is 0 Å². The molecule has 0 spiro atoms. The van der Waals surface area contributed by atoms with Gasteiger partial charge in [-0.3, -0.25) is 14.2 Å². The average Bonchev–Trinajstić information content (AvgIpc) is 2.84. The Bertz CT molecular complexity index is 1060. The number of rotatable bonds is 12. The molecule has 0 unspecified atom stereocenters. The van der Waals surface area contributed by atoms with E-state index in [1.54, 1.807) is 6.92 Å². The summed E-state index contributed by atoms with van der Waals surface area (Å²) in [4.78, 5) is 43.6. The Morgan fingerprint density at radius 2 is 1.88 bits per heavy atom. The van der Waals surface area contributed by atoms with Gasteiger partial charge in [0.2, 0.25) is 0 Å². The van der Waals surface area contributed by atoms with Crippen molar-refractivity contribution in [2.24, 2.45) is 29.6 Å². The number of ether oxygens (including phenoxy) is 3. The van der Waals surface area contributed by atoms with Crippen molar-refractivity contribution in [3.05, 3.63) is 23.8 Å². The standard InChI is InChI=1S/C31H53O9PSi/c1-20-15-23-10-9-21(2)26(12-11-24-17-25(18-28(32)38-24)40-42(7,8)31(4,5)6)29(23)27(16-20)39-30(33)22(3)13-14-37-19-41(34,35)36/h9-10,15,20-22,24-27,29H,11-14,16-19H2,1-8H3,(H2,34,35,36)/t20-,21-,22-,24+,25+,26-,27-,29-/m0/s1. The zero-order valence-electron chi connectivity index (χ0n) is 26.7. The van der Waals surface area contributed by atoms with E-state index in [1.807, 2.05) is 0 Å². The lowest BCUT2D eigenvalue weighted by molar-refractivity contribution is -0.162. The summed E-state index contributed by atoms with van der Waals surface area (Å²) in [6.07, 6.45) is 9.10. The molecule has 1 saturated heterocycles. The Morgan fingerprint density at radius 1 is 1.19 bits per heavy atom. The summed E-state index contributed by atoms with van der Waals surface area (Å²) in [5.74, 6) is -0.136. The molecule has 0 aromatic rings. The largest absolute Gasteiger partial charge is 0.462 e. The first kappa shape index (κ1) is 35.2. The number of allylic oxidation sites excluding steroid dienone is 3. The van der Waals surface area contributed by atoms with E-state index >= 15 is 0 Å². The third-order valence-electron chi connectivity index (χ3n) is 9.53. The Morgan fingerprint density at radius 3 is 2.52 bits per heavy atom. The van der Waals surface area contributed by atoms with Gasteiger partial charge in [0.05, 0.1) is 18.4 Å². The number of hydrogen-bond acceptors (Lipinski definition) is 7. The molecule has 42 heavy (non-hydrogen) atoms. The van der Waals surface area contributed by atoms with Gasteiger partial charge >= 0.3 is 19.5 Å². The third-order valence-corrected chi connectivity index (χ3v) is 14.6. The summed E-state index contributed by atoms with van der Waals surface area (Å²) in [5, 5.41) is 0.0639. The zero-order chi connectivity index (χ0) is 31.5. The summed E-state index contributed by atoms with van der Waals surface area (Å²) in [7, 11) is -6.26. The van der Waals surface area contributed by atoms with Crippen LogP contribution in [0.4, 0.5) is 0 Å². The topological polar surface area (TPSA) is 129 Å². The summed E-state index contributed by atoms with van der Waals surface area (Å²) in [6, 6.07) is 0. The van der Waals surface area contributed by atoms with Gasteiger partial charge in [0, 0.05) is 18.9 Å². The predicted molar refractivity (Wildman–Crippen MR) is 164 cm³/mol. The second-order valence-electron chi connectivity index (χ2n) is 14.3. The molecule has 0 amide bonds. The lowest BCUT2D eigenvalue weighted by Gasteiger charge is -2.44. The van der Waals surface area contributed by atoms with Crippen molar-refractivity contribution in [3.8, 4) is 0 Å². The highest BCUT2D eigenvalue weighted by molar-refractivity contribution is 7.51. The van der Waals surface area contributed by atoms with Crippen molar-refractivity contribution in [1.82, 2.24) is 0 Å². The minimum atomic E-state index is -4.24. The Kier molecular flexibility index (Phi) is 11.9. The molecule has 0 aromatic carbocycles. The molecule has 0 saturated carbocycles. The molecule has 0 bridgehead atoms. The van der Waals surface area contributed by atoms with Crippen molar-refractivity contribution < 1.29 is 42.6 Å². The van der Waals surface area contributed by atoms with Gasteiger partial charge in [-0.25, -0.2) is 0 Å². The van der Waals surface area contributed by atoms with Crippen LogP contribution in [0, 0.1) is 29.6 Å². The zero-order valence-corrected chi connectivity index (χ0v) is 28.6. The second kappa shape index (κ2) is 14.2. The Balaban J connectivity index is 1.65. The van der Waals surface area contributed by atoms with E-state index in [1.165, 1.54) is 5.57 Å². The Labute approximate surface area is 253 Å². The van der Waals surface area contributed by atoms with E-state index in [0.717, 1.165) is 19.3 Å². The van der Waals surface area contributed by atoms with Crippen LogP contribution in [-0.2, 0) is 32.8 Å². The molecule has 1 aliphatic heterocycles. The van der Waals surface area contributed by atoms with Gasteiger partial charge in [-0.15, -0.1) is 0 Å². The maximum Gasteiger partial charge on any atom is 0.350 e. The first-order chi connectivity index (χ1) is 19.4. The van der Waals surface area contributed by atoms with E-state index in [0.29, 0.717) is 19.3 Å². The molecule has 8 atom stereocenters. The smallest absolute Gasteiger partial charge is 0.350 e. The molecule has 3 aliphatic rings. The summed E-state index contributed by atoms with van der Waals surface area (Å²) in [6.45, 7) is 17.2. The number of hydrogen-bond donors (Lipinski definition) is 2. The van der Waals surface area contributed by atoms with E-state index in [-0.39, 0.29) is 65.6 Å².